The Morgan fingerprint density at radius 1 is 1.08 bits per heavy atom. The summed E-state index contributed by atoms with van der Waals surface area (Å²) in [5.74, 6) is 4.68. The summed E-state index contributed by atoms with van der Waals surface area (Å²) < 4.78 is 8.43. The van der Waals surface area contributed by atoms with Crippen LogP contribution in [0.2, 0.25) is 0 Å². The van der Waals surface area contributed by atoms with E-state index < -0.39 is 0 Å². The Bertz CT molecular complexity index is 1240. The summed E-state index contributed by atoms with van der Waals surface area (Å²) in [6.45, 7) is 11.8. The monoisotopic (exact) mass is 514 g/mol. The maximum absolute atomic E-state index is 5.99. The van der Waals surface area contributed by atoms with Gasteiger partial charge < -0.3 is 19.5 Å². The summed E-state index contributed by atoms with van der Waals surface area (Å²) in [6.07, 6.45) is 10.8. The van der Waals surface area contributed by atoms with E-state index in [0.717, 1.165) is 41.9 Å². The largest absolute Gasteiger partial charge is 0.377 e. The van der Waals surface area contributed by atoms with Crippen molar-refractivity contribution < 1.29 is 4.74 Å². The summed E-state index contributed by atoms with van der Waals surface area (Å²) >= 11 is 0. The van der Waals surface area contributed by atoms with Gasteiger partial charge in [-0.1, -0.05) is 63.1 Å². The molecule has 2 aromatic heterocycles. The number of nitrogens with one attached hydrogen (secondary N) is 1. The van der Waals surface area contributed by atoms with Gasteiger partial charge in [0.15, 0.2) is 17.3 Å². The molecule has 2 saturated carbocycles. The first kappa shape index (κ1) is 25.4. The number of anilines is 2. The normalized spacial score (nSPS) is 25.2. The molecule has 0 radical (unpaired) electrons. The van der Waals surface area contributed by atoms with Crippen molar-refractivity contribution in [3.05, 3.63) is 48.3 Å². The van der Waals surface area contributed by atoms with Crippen LogP contribution in [0.5, 0.6) is 0 Å². The number of ether oxygens (including phenoxy) is 1. The first-order valence-electron chi connectivity index (χ1n) is 14.7. The minimum absolute atomic E-state index is 0.115. The summed E-state index contributed by atoms with van der Waals surface area (Å²) in [5.41, 5.74) is 3.05. The van der Waals surface area contributed by atoms with Gasteiger partial charge in [0, 0.05) is 19.1 Å². The highest BCUT2D eigenvalue weighted by Gasteiger charge is 2.32. The molecule has 3 aromatic rings. The lowest BCUT2D eigenvalue weighted by molar-refractivity contribution is 0.0927. The number of hydrogen-bond donors (Lipinski definition) is 1. The van der Waals surface area contributed by atoms with Crippen LogP contribution in [0.4, 0.5) is 11.8 Å². The smallest absolute Gasteiger partial charge is 0.208 e. The Labute approximate surface area is 226 Å². The molecular formula is C31H42N6O. The Hall–Kier alpha value is -2.93. The van der Waals surface area contributed by atoms with Crippen LogP contribution in [0.1, 0.15) is 76.2 Å². The van der Waals surface area contributed by atoms with E-state index >= 15 is 0 Å². The maximum Gasteiger partial charge on any atom is 0.208 e. The second-order valence-corrected chi connectivity index (χ2v) is 11.8. The zero-order valence-electron chi connectivity index (χ0n) is 23.0. The average Bonchev–Trinajstić information content (AvgIpc) is 3.27. The number of benzene rings is 1. The molecule has 3 heterocycles. The summed E-state index contributed by atoms with van der Waals surface area (Å²) in [6, 6.07) is 11.2. The average molecular weight is 515 g/mol. The zero-order valence-corrected chi connectivity index (χ0v) is 23.0. The van der Waals surface area contributed by atoms with E-state index in [2.05, 4.69) is 65.5 Å². The quantitative estimate of drug-likeness (QED) is 0.371. The molecule has 2 atom stereocenters. The Morgan fingerprint density at radius 3 is 2.58 bits per heavy atom. The number of fused-ring (bicyclic) bond motifs is 1. The molecule has 1 aromatic carbocycles. The highest BCUT2D eigenvalue weighted by atomic mass is 16.5. The Morgan fingerprint density at radius 2 is 1.87 bits per heavy atom. The van der Waals surface area contributed by atoms with Crippen LogP contribution in [0.25, 0.3) is 17.2 Å². The third-order valence-corrected chi connectivity index (χ3v) is 9.15. The van der Waals surface area contributed by atoms with E-state index in [1.54, 1.807) is 6.08 Å². The molecule has 7 heteroatoms. The predicted octanol–water partition coefficient (Wildman–Crippen LogP) is 6.47. The van der Waals surface area contributed by atoms with Crippen molar-refractivity contribution in [3.8, 4) is 0 Å². The molecule has 2 aliphatic carbocycles. The summed E-state index contributed by atoms with van der Waals surface area (Å²) in [4.78, 5) is 17.5. The van der Waals surface area contributed by atoms with Gasteiger partial charge in [0.1, 0.15) is 5.52 Å². The molecule has 0 amide bonds. The van der Waals surface area contributed by atoms with Gasteiger partial charge in [-0.25, -0.2) is 9.97 Å². The van der Waals surface area contributed by atoms with Gasteiger partial charge in [0.2, 0.25) is 5.95 Å². The van der Waals surface area contributed by atoms with Gasteiger partial charge in [-0.05, 0) is 62.0 Å². The third kappa shape index (κ3) is 5.05. The minimum atomic E-state index is 0.115. The van der Waals surface area contributed by atoms with Crippen LogP contribution >= 0.6 is 0 Å². The SMILES string of the molecule is C=Cc1nc(N[C@H](C)C2CCC2)c2c(n1)nc(N1CCOC[C@H]1c1ccccc1)n2CC1CCC(C)CC1. The van der Waals surface area contributed by atoms with Crippen molar-refractivity contribution in [2.24, 2.45) is 17.8 Å². The number of morpholine rings is 1. The van der Waals surface area contributed by atoms with Crippen molar-refractivity contribution in [3.63, 3.8) is 0 Å². The second-order valence-electron chi connectivity index (χ2n) is 11.8. The van der Waals surface area contributed by atoms with Gasteiger partial charge in [-0.2, -0.15) is 4.98 Å². The van der Waals surface area contributed by atoms with Crippen molar-refractivity contribution in [2.75, 3.05) is 30.0 Å². The first-order valence-corrected chi connectivity index (χ1v) is 14.7. The summed E-state index contributed by atoms with van der Waals surface area (Å²) in [7, 11) is 0. The van der Waals surface area contributed by atoms with Crippen molar-refractivity contribution in [2.45, 2.75) is 77.4 Å². The standard InChI is InChI=1S/C31H42N6O/c1-4-27-33-29(32-22(3)24-11-8-12-24)28-30(34-27)35-31(37(28)19-23-15-13-21(2)14-16-23)36-17-18-38-20-26(36)25-9-6-5-7-10-25/h4-7,9-10,21-24,26H,1,8,11-20H2,2-3H3,(H,32,33,34)/t21?,22-,23?,26+/m1/s1. The lowest BCUT2D eigenvalue weighted by Crippen LogP contribution is -2.41. The van der Waals surface area contributed by atoms with Crippen LogP contribution in [-0.2, 0) is 11.3 Å². The van der Waals surface area contributed by atoms with Gasteiger partial charge >= 0.3 is 0 Å². The molecular weight excluding hydrogens is 472 g/mol. The van der Waals surface area contributed by atoms with Crippen LogP contribution in [0, 0.1) is 17.8 Å². The van der Waals surface area contributed by atoms with Crippen LogP contribution in [-0.4, -0.2) is 45.3 Å². The van der Waals surface area contributed by atoms with E-state index in [1.165, 1.54) is 50.5 Å². The molecule has 1 aliphatic heterocycles. The molecule has 3 aliphatic rings. The van der Waals surface area contributed by atoms with E-state index in [1.807, 2.05) is 0 Å². The molecule has 38 heavy (non-hydrogen) atoms. The van der Waals surface area contributed by atoms with E-state index in [-0.39, 0.29) is 6.04 Å². The summed E-state index contributed by atoms with van der Waals surface area (Å²) in [5, 5.41) is 3.80. The molecule has 1 N–H and O–H groups in total. The first-order chi connectivity index (χ1) is 18.6. The molecule has 0 bridgehead atoms. The van der Waals surface area contributed by atoms with Crippen molar-refractivity contribution >= 4 is 29.0 Å². The zero-order chi connectivity index (χ0) is 26.1. The number of imidazole rings is 1. The van der Waals surface area contributed by atoms with Crippen LogP contribution in [0.3, 0.4) is 0 Å². The molecule has 1 saturated heterocycles. The van der Waals surface area contributed by atoms with E-state index in [0.29, 0.717) is 36.9 Å². The van der Waals surface area contributed by atoms with Crippen LogP contribution in [0.15, 0.2) is 36.9 Å². The fourth-order valence-electron chi connectivity index (χ4n) is 6.46. The van der Waals surface area contributed by atoms with Gasteiger partial charge in [-0.15, -0.1) is 0 Å². The predicted molar refractivity (Wildman–Crippen MR) is 154 cm³/mol. The lowest BCUT2D eigenvalue weighted by Gasteiger charge is -2.37. The van der Waals surface area contributed by atoms with Crippen molar-refractivity contribution in [1.29, 1.82) is 0 Å². The van der Waals surface area contributed by atoms with E-state index in [4.69, 9.17) is 19.7 Å². The number of hydrogen-bond acceptors (Lipinski definition) is 6. The minimum Gasteiger partial charge on any atom is -0.377 e. The molecule has 7 nitrogen and oxygen atoms in total. The van der Waals surface area contributed by atoms with Gasteiger partial charge in [0.25, 0.3) is 0 Å². The Kier molecular flexibility index (Phi) is 7.37. The highest BCUT2D eigenvalue weighted by molar-refractivity contribution is 5.87. The molecule has 6 rings (SSSR count). The second kappa shape index (κ2) is 11.0. The van der Waals surface area contributed by atoms with Crippen LogP contribution < -0.4 is 10.2 Å². The fourth-order valence-corrected chi connectivity index (χ4v) is 6.46. The topological polar surface area (TPSA) is 68.1 Å². The Balaban J connectivity index is 1.46. The molecule has 202 valence electrons. The molecule has 3 fully saturated rings. The van der Waals surface area contributed by atoms with E-state index in [9.17, 15) is 0 Å². The number of aromatic nitrogens is 4. The third-order valence-electron chi connectivity index (χ3n) is 9.15. The number of nitrogens with zero attached hydrogens (tertiary/aromatic N) is 5. The van der Waals surface area contributed by atoms with Gasteiger partial charge in [0.05, 0.1) is 19.3 Å². The fraction of sp³-hybridized carbons (Fsp3) is 0.581. The maximum atomic E-state index is 5.99. The molecule has 0 spiro atoms. The van der Waals surface area contributed by atoms with Gasteiger partial charge in [-0.3, -0.25) is 0 Å². The van der Waals surface area contributed by atoms with Crippen molar-refractivity contribution in [1.82, 2.24) is 19.5 Å². The highest BCUT2D eigenvalue weighted by Crippen LogP contribution is 2.38. The molecule has 0 unspecified atom stereocenters. The number of rotatable bonds is 8. The lowest BCUT2D eigenvalue weighted by atomic mass is 9.80.